The fourth-order valence-corrected chi connectivity index (χ4v) is 7.53. The largest absolute Gasteiger partial charge is 0.472 e. The van der Waals surface area contributed by atoms with Crippen molar-refractivity contribution in [1.82, 2.24) is 0 Å². The molecule has 0 aromatic rings. The van der Waals surface area contributed by atoms with Gasteiger partial charge in [0.2, 0.25) is 0 Å². The highest BCUT2D eigenvalue weighted by Crippen LogP contribution is 2.43. The molecule has 0 amide bonds. The summed E-state index contributed by atoms with van der Waals surface area (Å²) in [6.45, 7) is 5.50. The summed E-state index contributed by atoms with van der Waals surface area (Å²) < 4.78 is 32.7. The smallest absolute Gasteiger partial charge is 0.462 e. The van der Waals surface area contributed by atoms with E-state index in [2.05, 4.69) is 38.2 Å². The lowest BCUT2D eigenvalue weighted by atomic mass is 10.0. The zero-order valence-electron chi connectivity index (χ0n) is 36.8. The second-order valence-corrected chi connectivity index (χ2v) is 17.2. The Labute approximate surface area is 345 Å². The molecule has 0 radical (unpaired) electrons. The van der Waals surface area contributed by atoms with Gasteiger partial charge in [-0.05, 0) is 51.9 Å². The molecule has 0 aliphatic rings. The Morgan fingerprint density at radius 1 is 0.482 bits per heavy atom. The number of unbranched alkanes of at least 4 members (excludes halogenated alkanes) is 28. The second-order valence-electron chi connectivity index (χ2n) is 15.8. The first-order valence-corrected chi connectivity index (χ1v) is 25.1. The third kappa shape index (κ3) is 42.1. The first kappa shape index (κ1) is 54.5. The minimum Gasteiger partial charge on any atom is -0.462 e. The van der Waals surface area contributed by atoms with Crippen molar-refractivity contribution < 1.29 is 37.6 Å². The lowest BCUT2D eigenvalue weighted by Crippen LogP contribution is -2.29. The number of hydrogen-bond acceptors (Lipinski definition) is 7. The zero-order chi connectivity index (χ0) is 41.1. The molecule has 0 aliphatic heterocycles. The van der Waals surface area contributed by atoms with Crippen LogP contribution in [0.25, 0.3) is 0 Å². The van der Waals surface area contributed by atoms with Crippen LogP contribution in [-0.2, 0) is 32.7 Å². The summed E-state index contributed by atoms with van der Waals surface area (Å²) in [5, 5.41) is 0. The van der Waals surface area contributed by atoms with E-state index >= 15 is 0 Å². The molecule has 0 aromatic carbocycles. The number of allylic oxidation sites excluding steroid dienone is 4. The van der Waals surface area contributed by atoms with Gasteiger partial charge in [-0.25, -0.2) is 4.57 Å². The Kier molecular flexibility index (Phi) is 42.0. The van der Waals surface area contributed by atoms with Crippen LogP contribution in [0.15, 0.2) is 24.3 Å². The highest BCUT2D eigenvalue weighted by molar-refractivity contribution is 7.47. The van der Waals surface area contributed by atoms with Crippen molar-refractivity contribution in [3.8, 4) is 0 Å². The van der Waals surface area contributed by atoms with Crippen LogP contribution in [0.2, 0.25) is 0 Å². The summed E-state index contributed by atoms with van der Waals surface area (Å²) in [6.07, 6.45) is 48.0. The number of carbonyl (C=O) groups excluding carboxylic acids is 2. The first-order valence-electron chi connectivity index (χ1n) is 23.6. The Morgan fingerprint density at radius 2 is 0.857 bits per heavy atom. The van der Waals surface area contributed by atoms with Gasteiger partial charge in [0.1, 0.15) is 6.61 Å². The lowest BCUT2D eigenvalue weighted by molar-refractivity contribution is -0.161. The van der Waals surface area contributed by atoms with Gasteiger partial charge in [-0.3, -0.25) is 18.6 Å². The number of rotatable bonds is 44. The third-order valence-electron chi connectivity index (χ3n) is 10.3. The van der Waals surface area contributed by atoms with E-state index in [-0.39, 0.29) is 25.6 Å². The molecule has 56 heavy (non-hydrogen) atoms. The van der Waals surface area contributed by atoms with Gasteiger partial charge in [0, 0.05) is 12.8 Å². The van der Waals surface area contributed by atoms with Crippen LogP contribution < -0.4 is 0 Å². The zero-order valence-corrected chi connectivity index (χ0v) is 37.7. The van der Waals surface area contributed by atoms with Crippen LogP contribution in [0.5, 0.6) is 0 Å². The van der Waals surface area contributed by atoms with Gasteiger partial charge >= 0.3 is 19.8 Å². The van der Waals surface area contributed by atoms with Crippen LogP contribution >= 0.6 is 7.82 Å². The minimum atomic E-state index is -4.28. The summed E-state index contributed by atoms with van der Waals surface area (Å²) in [7, 11) is -4.28. The van der Waals surface area contributed by atoms with Crippen molar-refractivity contribution in [2.24, 2.45) is 0 Å². The molecule has 0 bridgehead atoms. The molecule has 8 nitrogen and oxygen atoms in total. The molecule has 9 heteroatoms. The third-order valence-corrected chi connectivity index (χ3v) is 11.3. The van der Waals surface area contributed by atoms with Crippen LogP contribution in [-0.4, -0.2) is 42.8 Å². The highest BCUT2D eigenvalue weighted by atomic mass is 31.2. The quantitative estimate of drug-likeness (QED) is 0.0280. The summed E-state index contributed by atoms with van der Waals surface area (Å²) >= 11 is 0. The number of esters is 2. The maximum absolute atomic E-state index is 12.6. The summed E-state index contributed by atoms with van der Waals surface area (Å²) in [4.78, 5) is 34.8. The molecular formula is C47H89O8P. The Hall–Kier alpha value is -1.47. The maximum Gasteiger partial charge on any atom is 0.472 e. The van der Waals surface area contributed by atoms with E-state index in [0.717, 1.165) is 44.9 Å². The molecule has 0 heterocycles. The average molecular weight is 813 g/mol. The molecule has 1 N–H and O–H groups in total. The van der Waals surface area contributed by atoms with Gasteiger partial charge in [0.05, 0.1) is 13.2 Å². The van der Waals surface area contributed by atoms with Gasteiger partial charge in [0.15, 0.2) is 6.10 Å². The number of phosphoric ester groups is 1. The predicted octanol–water partition coefficient (Wildman–Crippen LogP) is 15.0. The van der Waals surface area contributed by atoms with E-state index in [4.69, 9.17) is 18.5 Å². The molecule has 0 saturated carbocycles. The fraction of sp³-hybridized carbons (Fsp3) is 0.872. The summed E-state index contributed by atoms with van der Waals surface area (Å²) in [6, 6.07) is 0. The van der Waals surface area contributed by atoms with Crippen molar-refractivity contribution in [3.63, 3.8) is 0 Å². The molecule has 2 unspecified atom stereocenters. The van der Waals surface area contributed by atoms with E-state index < -0.39 is 26.5 Å². The highest BCUT2D eigenvalue weighted by Gasteiger charge is 2.25. The Morgan fingerprint density at radius 3 is 1.27 bits per heavy atom. The Balaban J connectivity index is 4.01. The van der Waals surface area contributed by atoms with E-state index in [0.29, 0.717) is 12.8 Å². The van der Waals surface area contributed by atoms with Crippen molar-refractivity contribution in [2.75, 3.05) is 19.8 Å². The molecule has 0 aliphatic carbocycles. The molecule has 330 valence electrons. The number of phosphoric acid groups is 1. The molecule has 0 spiro atoms. The topological polar surface area (TPSA) is 108 Å². The van der Waals surface area contributed by atoms with E-state index in [9.17, 15) is 19.0 Å². The van der Waals surface area contributed by atoms with Crippen LogP contribution in [0, 0.1) is 0 Å². The van der Waals surface area contributed by atoms with Gasteiger partial charge in [-0.1, -0.05) is 199 Å². The molecule has 0 saturated heterocycles. The molecular weight excluding hydrogens is 723 g/mol. The average Bonchev–Trinajstić information content (AvgIpc) is 3.18. The van der Waals surface area contributed by atoms with Crippen molar-refractivity contribution in [3.05, 3.63) is 24.3 Å². The molecule has 0 fully saturated rings. The first-order chi connectivity index (χ1) is 27.3. The monoisotopic (exact) mass is 813 g/mol. The van der Waals surface area contributed by atoms with E-state index in [1.165, 1.54) is 154 Å². The van der Waals surface area contributed by atoms with Gasteiger partial charge in [-0.2, -0.15) is 0 Å². The summed E-state index contributed by atoms with van der Waals surface area (Å²) in [5.41, 5.74) is 0. The van der Waals surface area contributed by atoms with Gasteiger partial charge in [-0.15, -0.1) is 0 Å². The van der Waals surface area contributed by atoms with E-state index in [1.54, 1.807) is 6.92 Å². The van der Waals surface area contributed by atoms with Gasteiger partial charge in [0.25, 0.3) is 0 Å². The molecule has 0 rings (SSSR count). The summed E-state index contributed by atoms with van der Waals surface area (Å²) in [5.74, 6) is -0.791. The van der Waals surface area contributed by atoms with E-state index in [1.807, 2.05) is 0 Å². The fourth-order valence-electron chi connectivity index (χ4n) is 6.78. The SMILES string of the molecule is CCCCCCC/C=C\C/C=C\CCCCCCCCCCCC(=O)OC(COC(=O)CCCCCCCCCCCCCCCCC)COP(=O)(O)OCC. The van der Waals surface area contributed by atoms with Crippen molar-refractivity contribution in [2.45, 2.75) is 245 Å². The van der Waals surface area contributed by atoms with Crippen molar-refractivity contribution in [1.29, 1.82) is 0 Å². The number of ether oxygens (including phenoxy) is 2. The molecule has 2 atom stereocenters. The number of carbonyl (C=O) groups is 2. The minimum absolute atomic E-state index is 0.00170. The predicted molar refractivity (Wildman–Crippen MR) is 235 cm³/mol. The molecule has 0 aromatic heterocycles. The lowest BCUT2D eigenvalue weighted by Gasteiger charge is -2.19. The second kappa shape index (κ2) is 43.1. The standard InChI is InChI=1S/C47H89O8P/c1-4-7-9-11-13-15-17-19-21-22-23-24-25-26-28-30-32-34-36-38-40-42-47(49)55-45(44-54-56(50,51)53-6-3)43-52-46(48)41-39-37-35-33-31-29-27-20-18-16-14-12-10-8-5-2/h17,19,22-23,45H,4-16,18,20-21,24-44H2,1-3H3,(H,50,51)/b19-17-,23-22-. The number of hydrogen-bond donors (Lipinski definition) is 1. The van der Waals surface area contributed by atoms with Crippen LogP contribution in [0.3, 0.4) is 0 Å². The normalized spacial score (nSPS) is 13.4. The van der Waals surface area contributed by atoms with Gasteiger partial charge < -0.3 is 14.4 Å². The van der Waals surface area contributed by atoms with Crippen LogP contribution in [0.1, 0.15) is 239 Å². The van der Waals surface area contributed by atoms with Crippen LogP contribution in [0.4, 0.5) is 0 Å². The maximum atomic E-state index is 12.6. The Bertz CT molecular complexity index is 968. The van der Waals surface area contributed by atoms with Crippen molar-refractivity contribution >= 4 is 19.8 Å².